The van der Waals surface area contributed by atoms with Gasteiger partial charge in [0.15, 0.2) is 0 Å². The lowest BCUT2D eigenvalue weighted by atomic mass is 9.84. The van der Waals surface area contributed by atoms with Crippen LogP contribution in [0.5, 0.6) is 0 Å². The lowest BCUT2D eigenvalue weighted by molar-refractivity contribution is -0.224. The molecule has 3 saturated heterocycles. The quantitative estimate of drug-likeness (QED) is 0.294. The fraction of sp³-hybridized carbons (Fsp3) is 0.643. The number of amides is 3. The van der Waals surface area contributed by atoms with Crippen molar-refractivity contribution in [3.8, 4) is 0 Å². The minimum absolute atomic E-state index is 0.101. The SMILES string of the molecule is C=C1CCO[C@]2([C@@H](O)[C@@](C)(O)CO)NC(=O)[C@@]1(NC(C)=O)NC2=O. The van der Waals surface area contributed by atoms with Crippen LogP contribution in [0.25, 0.3) is 0 Å². The lowest BCUT2D eigenvalue weighted by Gasteiger charge is -2.51. The Morgan fingerprint density at radius 1 is 1.46 bits per heavy atom. The van der Waals surface area contributed by atoms with Crippen LogP contribution in [0.1, 0.15) is 20.3 Å². The predicted molar refractivity (Wildman–Crippen MR) is 79.0 cm³/mol. The minimum atomic E-state index is -2.31. The molecule has 3 amide bonds. The molecule has 10 heteroatoms. The molecular formula is C14H21N3O7. The summed E-state index contributed by atoms with van der Waals surface area (Å²) in [7, 11) is 0. The first-order valence-electron chi connectivity index (χ1n) is 7.29. The first kappa shape index (κ1) is 18.3. The maximum Gasteiger partial charge on any atom is 0.278 e. The average molecular weight is 343 g/mol. The third-order valence-electron chi connectivity index (χ3n) is 4.20. The number of piperazine rings is 1. The minimum Gasteiger partial charge on any atom is -0.393 e. The summed E-state index contributed by atoms with van der Waals surface area (Å²) in [5.41, 5.74) is -6.12. The number of ether oxygens (including phenoxy) is 1. The molecule has 3 aliphatic rings. The highest BCUT2D eigenvalue weighted by Gasteiger charge is 2.63. The summed E-state index contributed by atoms with van der Waals surface area (Å²) in [6, 6.07) is 0. The molecule has 0 spiro atoms. The topological polar surface area (TPSA) is 157 Å². The number of hydrogen-bond donors (Lipinski definition) is 6. The van der Waals surface area contributed by atoms with Crippen molar-refractivity contribution in [3.63, 3.8) is 0 Å². The van der Waals surface area contributed by atoms with Crippen molar-refractivity contribution in [2.24, 2.45) is 0 Å². The maximum absolute atomic E-state index is 12.6. The molecule has 0 aliphatic carbocycles. The predicted octanol–water partition coefficient (Wildman–Crippen LogP) is -3.16. The molecule has 3 heterocycles. The van der Waals surface area contributed by atoms with E-state index in [1.165, 1.54) is 6.92 Å². The number of hydrogen-bond acceptors (Lipinski definition) is 7. The van der Waals surface area contributed by atoms with E-state index < -0.39 is 47.4 Å². The second-order valence-electron chi connectivity index (χ2n) is 6.19. The normalized spacial score (nSPS) is 33.6. The van der Waals surface area contributed by atoms with Crippen molar-refractivity contribution in [1.29, 1.82) is 0 Å². The Balaban J connectivity index is 2.51. The zero-order chi connectivity index (χ0) is 18.3. The van der Waals surface area contributed by atoms with E-state index in [0.717, 1.165) is 6.92 Å². The van der Waals surface area contributed by atoms with Gasteiger partial charge in [-0.05, 0) is 18.9 Å². The Morgan fingerprint density at radius 3 is 2.62 bits per heavy atom. The summed E-state index contributed by atoms with van der Waals surface area (Å²) in [6.45, 7) is 4.97. The smallest absolute Gasteiger partial charge is 0.278 e. The number of fused-ring (bicyclic) bond motifs is 5. The molecule has 4 atom stereocenters. The highest BCUT2D eigenvalue weighted by molar-refractivity contribution is 6.05. The molecule has 10 nitrogen and oxygen atoms in total. The average Bonchev–Trinajstić information content (AvgIpc) is 2.49. The second-order valence-corrected chi connectivity index (χ2v) is 6.19. The van der Waals surface area contributed by atoms with Crippen LogP contribution in [0.3, 0.4) is 0 Å². The van der Waals surface area contributed by atoms with E-state index in [1.807, 2.05) is 0 Å². The van der Waals surface area contributed by atoms with Crippen LogP contribution >= 0.6 is 0 Å². The zero-order valence-electron chi connectivity index (χ0n) is 13.4. The van der Waals surface area contributed by atoms with Crippen LogP contribution < -0.4 is 16.0 Å². The molecule has 24 heavy (non-hydrogen) atoms. The Morgan fingerprint density at radius 2 is 2.08 bits per heavy atom. The Hall–Kier alpha value is -2.01. The van der Waals surface area contributed by atoms with Gasteiger partial charge in [-0.1, -0.05) is 6.58 Å². The van der Waals surface area contributed by atoms with Gasteiger partial charge in [0.05, 0.1) is 13.2 Å². The molecule has 3 fully saturated rings. The molecule has 134 valence electrons. The van der Waals surface area contributed by atoms with Gasteiger partial charge in [0.1, 0.15) is 11.7 Å². The van der Waals surface area contributed by atoms with E-state index in [0.29, 0.717) is 0 Å². The van der Waals surface area contributed by atoms with Gasteiger partial charge in [-0.3, -0.25) is 14.4 Å². The van der Waals surface area contributed by atoms with E-state index in [-0.39, 0.29) is 18.6 Å². The van der Waals surface area contributed by atoms with E-state index >= 15 is 0 Å². The second kappa shape index (κ2) is 5.81. The molecule has 3 rings (SSSR count). The molecular weight excluding hydrogens is 322 g/mol. The van der Waals surface area contributed by atoms with Crippen molar-refractivity contribution < 1.29 is 34.4 Å². The van der Waals surface area contributed by atoms with E-state index in [1.54, 1.807) is 0 Å². The van der Waals surface area contributed by atoms with Gasteiger partial charge in [0.2, 0.25) is 11.6 Å². The summed E-state index contributed by atoms with van der Waals surface area (Å²) >= 11 is 0. The number of carbonyl (C=O) groups excluding carboxylic acids is 3. The molecule has 0 radical (unpaired) electrons. The van der Waals surface area contributed by atoms with Crippen molar-refractivity contribution in [1.82, 2.24) is 16.0 Å². The van der Waals surface area contributed by atoms with Crippen LogP contribution in [-0.2, 0) is 19.1 Å². The first-order chi connectivity index (χ1) is 11.0. The van der Waals surface area contributed by atoms with E-state index in [2.05, 4.69) is 22.5 Å². The zero-order valence-corrected chi connectivity index (χ0v) is 13.4. The molecule has 0 aromatic heterocycles. The van der Waals surface area contributed by atoms with Gasteiger partial charge in [-0.15, -0.1) is 0 Å². The highest BCUT2D eigenvalue weighted by atomic mass is 16.5. The number of carbonyl (C=O) groups is 3. The van der Waals surface area contributed by atoms with E-state index in [9.17, 15) is 29.7 Å². The lowest BCUT2D eigenvalue weighted by Crippen LogP contribution is -2.85. The summed E-state index contributed by atoms with van der Waals surface area (Å²) in [5.74, 6) is -2.45. The Labute approximate surface area is 137 Å². The maximum atomic E-state index is 12.6. The number of aliphatic hydroxyl groups excluding tert-OH is 2. The molecule has 0 unspecified atom stereocenters. The molecule has 3 aliphatic heterocycles. The van der Waals surface area contributed by atoms with Gasteiger partial charge in [-0.2, -0.15) is 0 Å². The van der Waals surface area contributed by atoms with E-state index in [4.69, 9.17) is 4.74 Å². The highest BCUT2D eigenvalue weighted by Crippen LogP contribution is 2.33. The fourth-order valence-corrected chi connectivity index (χ4v) is 2.75. The third kappa shape index (κ3) is 2.57. The van der Waals surface area contributed by atoms with Crippen LogP contribution in [0, 0.1) is 0 Å². The van der Waals surface area contributed by atoms with Crippen molar-refractivity contribution in [2.45, 2.75) is 43.4 Å². The van der Waals surface area contributed by atoms with Crippen molar-refractivity contribution in [2.75, 3.05) is 13.2 Å². The number of nitrogens with one attached hydrogen (secondary N) is 3. The molecule has 2 bridgehead atoms. The standard InChI is InChI=1S/C14H21N3O7/c1-7-4-5-24-14(9(20)12(3,23)6-18)11(22)16-13(7,10(21)17-14)15-8(2)19/h9,18,20,23H,1,4-6H2,2-3H3,(H,15,19)(H,16,22)(H,17,21)/t9-,12-,13-,14-/m0/s1. The molecule has 6 N–H and O–H groups in total. The van der Waals surface area contributed by atoms with Crippen molar-refractivity contribution in [3.05, 3.63) is 12.2 Å². The Kier molecular flexibility index (Phi) is 4.44. The number of aliphatic hydroxyl groups is 3. The summed E-state index contributed by atoms with van der Waals surface area (Å²) in [4.78, 5) is 36.7. The summed E-state index contributed by atoms with van der Waals surface area (Å²) < 4.78 is 5.37. The monoisotopic (exact) mass is 343 g/mol. The third-order valence-corrected chi connectivity index (χ3v) is 4.20. The molecule has 0 aromatic carbocycles. The first-order valence-corrected chi connectivity index (χ1v) is 7.29. The summed E-state index contributed by atoms with van der Waals surface area (Å²) in [5, 5.41) is 36.6. The van der Waals surface area contributed by atoms with Gasteiger partial charge >= 0.3 is 0 Å². The van der Waals surface area contributed by atoms with Gasteiger partial charge in [0, 0.05) is 6.92 Å². The molecule has 0 aromatic rings. The van der Waals surface area contributed by atoms with Gasteiger partial charge < -0.3 is 36.0 Å². The molecule has 0 saturated carbocycles. The Bertz CT molecular complexity index is 605. The number of rotatable bonds is 4. The van der Waals surface area contributed by atoms with Crippen LogP contribution in [0.15, 0.2) is 12.2 Å². The van der Waals surface area contributed by atoms with Crippen LogP contribution in [0.4, 0.5) is 0 Å². The van der Waals surface area contributed by atoms with Crippen LogP contribution in [0.2, 0.25) is 0 Å². The van der Waals surface area contributed by atoms with Crippen LogP contribution in [-0.4, -0.2) is 69.3 Å². The van der Waals surface area contributed by atoms with Gasteiger partial charge in [-0.25, -0.2) is 0 Å². The fourth-order valence-electron chi connectivity index (χ4n) is 2.75. The largest absolute Gasteiger partial charge is 0.393 e. The summed E-state index contributed by atoms with van der Waals surface area (Å²) in [6.07, 6.45) is -1.87. The van der Waals surface area contributed by atoms with Crippen molar-refractivity contribution >= 4 is 17.7 Å². The van der Waals surface area contributed by atoms with Gasteiger partial charge in [0.25, 0.3) is 17.5 Å².